The zero-order valence-electron chi connectivity index (χ0n) is 9.96. The number of hydrogen-bond donors (Lipinski definition) is 2. The first kappa shape index (κ1) is 12.9. The molecule has 0 aromatic heterocycles. The molecule has 0 amide bonds. The molecule has 0 bridgehead atoms. The van der Waals surface area contributed by atoms with Crippen molar-refractivity contribution in [3.05, 3.63) is 30.1 Å². The Morgan fingerprint density at radius 2 is 2.12 bits per heavy atom. The SMILES string of the molecule is COC(C)C(C)(CN)Nc1ccccc1F. The lowest BCUT2D eigenvalue weighted by Crippen LogP contribution is -2.52. The summed E-state index contributed by atoms with van der Waals surface area (Å²) in [5.41, 5.74) is 5.67. The Labute approximate surface area is 95.8 Å². The standard InChI is InChI=1S/C12H19FN2O/c1-9(16-3)12(2,8-14)15-11-7-5-4-6-10(11)13/h4-7,9,15H,8,14H2,1-3H3. The quantitative estimate of drug-likeness (QED) is 0.807. The van der Waals surface area contributed by atoms with E-state index >= 15 is 0 Å². The monoisotopic (exact) mass is 226 g/mol. The molecule has 1 rings (SSSR count). The van der Waals surface area contributed by atoms with E-state index in [0.29, 0.717) is 12.2 Å². The second-order valence-corrected chi connectivity index (χ2v) is 4.10. The third-order valence-corrected chi connectivity index (χ3v) is 2.97. The second kappa shape index (κ2) is 5.27. The highest BCUT2D eigenvalue weighted by molar-refractivity contribution is 5.47. The number of benzene rings is 1. The summed E-state index contributed by atoms with van der Waals surface area (Å²) in [6.45, 7) is 4.17. The van der Waals surface area contributed by atoms with Crippen LogP contribution in [0.1, 0.15) is 13.8 Å². The number of anilines is 1. The number of ether oxygens (including phenoxy) is 1. The van der Waals surface area contributed by atoms with Gasteiger partial charge >= 0.3 is 0 Å². The van der Waals surface area contributed by atoms with Gasteiger partial charge < -0.3 is 15.8 Å². The Bertz CT molecular complexity index is 346. The highest BCUT2D eigenvalue weighted by atomic mass is 19.1. The lowest BCUT2D eigenvalue weighted by molar-refractivity contribution is 0.0687. The fraction of sp³-hybridized carbons (Fsp3) is 0.500. The first-order valence-electron chi connectivity index (χ1n) is 5.29. The molecule has 1 aromatic rings. The van der Waals surface area contributed by atoms with Crippen molar-refractivity contribution in [1.82, 2.24) is 0 Å². The lowest BCUT2D eigenvalue weighted by Gasteiger charge is -2.35. The van der Waals surface area contributed by atoms with Crippen molar-refractivity contribution in [1.29, 1.82) is 0 Å². The van der Waals surface area contributed by atoms with E-state index in [1.54, 1.807) is 25.3 Å². The van der Waals surface area contributed by atoms with Crippen LogP contribution in [-0.4, -0.2) is 25.3 Å². The molecule has 0 saturated heterocycles. The number of nitrogens with one attached hydrogen (secondary N) is 1. The van der Waals surface area contributed by atoms with Crippen LogP contribution in [0.25, 0.3) is 0 Å². The topological polar surface area (TPSA) is 47.3 Å². The van der Waals surface area contributed by atoms with Crippen LogP contribution in [0.3, 0.4) is 0 Å². The average molecular weight is 226 g/mol. The molecule has 3 N–H and O–H groups in total. The molecule has 0 aliphatic carbocycles. The fourth-order valence-electron chi connectivity index (χ4n) is 1.45. The smallest absolute Gasteiger partial charge is 0.146 e. The normalized spacial score (nSPS) is 16.6. The van der Waals surface area contributed by atoms with Gasteiger partial charge in [0.2, 0.25) is 0 Å². The van der Waals surface area contributed by atoms with E-state index in [0.717, 1.165) is 0 Å². The van der Waals surface area contributed by atoms with Gasteiger partial charge in [-0.05, 0) is 26.0 Å². The number of nitrogens with two attached hydrogens (primary N) is 1. The highest BCUT2D eigenvalue weighted by Crippen LogP contribution is 2.21. The number of para-hydroxylation sites is 1. The Kier molecular flexibility index (Phi) is 4.26. The van der Waals surface area contributed by atoms with Crippen molar-refractivity contribution < 1.29 is 9.13 Å². The molecular weight excluding hydrogens is 207 g/mol. The Morgan fingerprint density at radius 3 is 2.62 bits per heavy atom. The minimum Gasteiger partial charge on any atom is -0.379 e. The van der Waals surface area contributed by atoms with E-state index in [1.165, 1.54) is 6.07 Å². The number of halogens is 1. The van der Waals surface area contributed by atoms with E-state index in [9.17, 15) is 4.39 Å². The molecule has 0 spiro atoms. The third-order valence-electron chi connectivity index (χ3n) is 2.97. The molecule has 0 radical (unpaired) electrons. The van der Waals surface area contributed by atoms with E-state index in [1.807, 2.05) is 13.8 Å². The molecule has 0 aliphatic heterocycles. The van der Waals surface area contributed by atoms with Crippen molar-refractivity contribution in [3.63, 3.8) is 0 Å². The molecule has 2 unspecified atom stereocenters. The predicted molar refractivity (Wildman–Crippen MR) is 64.0 cm³/mol. The minimum absolute atomic E-state index is 0.114. The van der Waals surface area contributed by atoms with Crippen molar-refractivity contribution >= 4 is 5.69 Å². The van der Waals surface area contributed by atoms with Gasteiger partial charge in [0.25, 0.3) is 0 Å². The highest BCUT2D eigenvalue weighted by Gasteiger charge is 2.30. The Balaban J connectivity index is 2.89. The van der Waals surface area contributed by atoms with Crippen LogP contribution in [-0.2, 0) is 4.74 Å². The van der Waals surface area contributed by atoms with Gasteiger partial charge in [-0.3, -0.25) is 0 Å². The molecule has 16 heavy (non-hydrogen) atoms. The molecule has 0 heterocycles. The van der Waals surface area contributed by atoms with Crippen LogP contribution < -0.4 is 11.1 Å². The largest absolute Gasteiger partial charge is 0.379 e. The van der Waals surface area contributed by atoms with E-state index in [4.69, 9.17) is 10.5 Å². The second-order valence-electron chi connectivity index (χ2n) is 4.10. The maximum absolute atomic E-state index is 13.5. The van der Waals surface area contributed by atoms with Gasteiger partial charge in [-0.2, -0.15) is 0 Å². The molecule has 0 fully saturated rings. The molecule has 0 saturated carbocycles. The van der Waals surface area contributed by atoms with Crippen molar-refractivity contribution in [2.75, 3.05) is 19.0 Å². The number of hydrogen-bond acceptors (Lipinski definition) is 3. The Hall–Kier alpha value is -1.13. The zero-order chi connectivity index (χ0) is 12.2. The van der Waals surface area contributed by atoms with E-state index in [2.05, 4.69) is 5.32 Å². The lowest BCUT2D eigenvalue weighted by atomic mass is 9.95. The maximum atomic E-state index is 13.5. The van der Waals surface area contributed by atoms with Crippen LogP contribution in [0.15, 0.2) is 24.3 Å². The summed E-state index contributed by atoms with van der Waals surface area (Å²) in [6.07, 6.45) is -0.114. The summed E-state index contributed by atoms with van der Waals surface area (Å²) in [6, 6.07) is 6.53. The van der Waals surface area contributed by atoms with Crippen molar-refractivity contribution in [3.8, 4) is 0 Å². The first-order valence-corrected chi connectivity index (χ1v) is 5.29. The van der Waals surface area contributed by atoms with Crippen LogP contribution in [0, 0.1) is 5.82 Å². The average Bonchev–Trinajstić information content (AvgIpc) is 2.31. The third kappa shape index (κ3) is 2.71. The molecule has 4 heteroatoms. The van der Waals surface area contributed by atoms with Crippen LogP contribution in [0.5, 0.6) is 0 Å². The van der Waals surface area contributed by atoms with Gasteiger partial charge in [0.05, 0.1) is 17.3 Å². The van der Waals surface area contributed by atoms with Gasteiger partial charge in [-0.25, -0.2) is 4.39 Å². The zero-order valence-corrected chi connectivity index (χ0v) is 9.96. The van der Waals surface area contributed by atoms with Gasteiger partial charge in [0.15, 0.2) is 0 Å². The van der Waals surface area contributed by atoms with Gasteiger partial charge in [0.1, 0.15) is 5.82 Å². The maximum Gasteiger partial charge on any atom is 0.146 e. The van der Waals surface area contributed by atoms with Crippen LogP contribution in [0.2, 0.25) is 0 Å². The van der Waals surface area contributed by atoms with Gasteiger partial charge in [-0.1, -0.05) is 12.1 Å². The molecular formula is C12H19FN2O. The van der Waals surface area contributed by atoms with Gasteiger partial charge in [0, 0.05) is 13.7 Å². The summed E-state index contributed by atoms with van der Waals surface area (Å²) in [5, 5.41) is 3.10. The fourth-order valence-corrected chi connectivity index (χ4v) is 1.45. The molecule has 1 aromatic carbocycles. The van der Waals surface area contributed by atoms with Crippen molar-refractivity contribution in [2.24, 2.45) is 5.73 Å². The number of methoxy groups -OCH3 is 1. The first-order chi connectivity index (χ1) is 7.53. The van der Waals surface area contributed by atoms with Gasteiger partial charge in [-0.15, -0.1) is 0 Å². The number of rotatable bonds is 5. The van der Waals surface area contributed by atoms with E-state index in [-0.39, 0.29) is 11.9 Å². The van der Waals surface area contributed by atoms with Crippen molar-refractivity contribution in [2.45, 2.75) is 25.5 Å². The summed E-state index contributed by atoms with van der Waals surface area (Å²) < 4.78 is 18.7. The summed E-state index contributed by atoms with van der Waals surface area (Å²) >= 11 is 0. The van der Waals surface area contributed by atoms with E-state index < -0.39 is 5.54 Å². The summed E-state index contributed by atoms with van der Waals surface area (Å²) in [7, 11) is 1.61. The summed E-state index contributed by atoms with van der Waals surface area (Å²) in [4.78, 5) is 0. The van der Waals surface area contributed by atoms with Crippen LogP contribution in [0.4, 0.5) is 10.1 Å². The summed E-state index contributed by atoms with van der Waals surface area (Å²) in [5.74, 6) is -0.287. The predicted octanol–water partition coefficient (Wildman–Crippen LogP) is 1.99. The minimum atomic E-state index is -0.489. The molecule has 90 valence electrons. The molecule has 3 nitrogen and oxygen atoms in total. The molecule has 2 atom stereocenters. The Morgan fingerprint density at radius 1 is 1.50 bits per heavy atom. The van der Waals surface area contributed by atoms with Crippen LogP contribution >= 0.6 is 0 Å². The molecule has 0 aliphatic rings.